The molecule has 0 aromatic heterocycles. The number of aliphatic hydroxyl groups is 1. The van der Waals surface area contributed by atoms with Crippen molar-refractivity contribution in [3.63, 3.8) is 0 Å². The van der Waals surface area contributed by atoms with Crippen molar-refractivity contribution in [2.45, 2.75) is 38.7 Å². The number of methoxy groups -OCH3 is 1. The summed E-state index contributed by atoms with van der Waals surface area (Å²) >= 11 is 0. The first-order valence-electron chi connectivity index (χ1n) is 8.02. The highest BCUT2D eigenvalue weighted by Crippen LogP contribution is 2.10. The molecule has 0 aliphatic carbocycles. The van der Waals surface area contributed by atoms with Gasteiger partial charge in [0, 0.05) is 18.7 Å². The van der Waals surface area contributed by atoms with E-state index in [0.29, 0.717) is 11.5 Å². The largest absolute Gasteiger partial charge is 0.466 e. The molecule has 0 unspecified atom stereocenters. The molecule has 0 bridgehead atoms. The maximum atomic E-state index is 11.5. The first-order valence-corrected chi connectivity index (χ1v) is 8.02. The Morgan fingerprint density at radius 3 is 2.29 bits per heavy atom. The lowest BCUT2D eigenvalue weighted by Gasteiger charge is -2.12. The lowest BCUT2D eigenvalue weighted by molar-refractivity contribution is -0.159. The van der Waals surface area contributed by atoms with E-state index in [1.54, 1.807) is 0 Å². The molecule has 1 rings (SSSR count). The van der Waals surface area contributed by atoms with E-state index in [-0.39, 0.29) is 13.2 Å². The van der Waals surface area contributed by atoms with Crippen LogP contribution in [0.2, 0.25) is 0 Å². The standard InChI is InChI=1S/C18H25NO5/c1-24-18(22)12-11-17(21)19(23)13-5-3-2-4-6-15-7-9-16(14-20)10-8-15/h7-12,20,23H,2-6,13-14H2,1H3/b12-11+. The quantitative estimate of drug-likeness (QED) is 0.225. The highest BCUT2D eigenvalue weighted by atomic mass is 16.5. The number of nitrogens with zero attached hydrogens (tertiary/aromatic N) is 1. The van der Waals surface area contributed by atoms with Crippen LogP contribution in [0.15, 0.2) is 36.4 Å². The van der Waals surface area contributed by atoms with E-state index in [2.05, 4.69) is 4.74 Å². The van der Waals surface area contributed by atoms with Crippen LogP contribution < -0.4 is 0 Å². The van der Waals surface area contributed by atoms with E-state index in [9.17, 15) is 14.8 Å². The predicted octanol–water partition coefficient (Wildman–Crippen LogP) is 2.23. The van der Waals surface area contributed by atoms with Crippen LogP contribution in [0.1, 0.15) is 36.8 Å². The van der Waals surface area contributed by atoms with E-state index >= 15 is 0 Å². The number of unbranched alkanes of at least 4 members (excludes halogenated alkanes) is 3. The number of carbonyl (C=O) groups excluding carboxylic acids is 2. The zero-order chi connectivity index (χ0) is 17.8. The fourth-order valence-corrected chi connectivity index (χ4v) is 2.16. The summed E-state index contributed by atoms with van der Waals surface area (Å²) in [5, 5.41) is 19.1. The third kappa shape index (κ3) is 7.89. The van der Waals surface area contributed by atoms with Crippen LogP contribution in [-0.2, 0) is 27.4 Å². The summed E-state index contributed by atoms with van der Waals surface area (Å²) in [6.45, 7) is 0.293. The summed E-state index contributed by atoms with van der Waals surface area (Å²) in [6, 6.07) is 7.89. The van der Waals surface area contributed by atoms with Gasteiger partial charge >= 0.3 is 5.97 Å². The minimum atomic E-state index is -0.635. The van der Waals surface area contributed by atoms with Crippen LogP contribution in [-0.4, -0.2) is 40.9 Å². The molecule has 24 heavy (non-hydrogen) atoms. The normalized spacial score (nSPS) is 10.8. The number of carbonyl (C=O) groups is 2. The summed E-state index contributed by atoms with van der Waals surface area (Å²) < 4.78 is 4.36. The Balaban J connectivity index is 2.13. The third-order valence-electron chi connectivity index (χ3n) is 3.61. The van der Waals surface area contributed by atoms with Crippen LogP contribution in [0.25, 0.3) is 0 Å². The van der Waals surface area contributed by atoms with Crippen molar-refractivity contribution in [3.05, 3.63) is 47.5 Å². The molecule has 0 atom stereocenters. The van der Waals surface area contributed by atoms with Crippen LogP contribution in [0, 0.1) is 0 Å². The zero-order valence-corrected chi connectivity index (χ0v) is 14.0. The average molecular weight is 335 g/mol. The number of hydrogen-bond donors (Lipinski definition) is 2. The molecule has 6 nitrogen and oxygen atoms in total. The third-order valence-corrected chi connectivity index (χ3v) is 3.61. The van der Waals surface area contributed by atoms with E-state index in [1.165, 1.54) is 12.7 Å². The van der Waals surface area contributed by atoms with Crippen LogP contribution in [0.3, 0.4) is 0 Å². The van der Waals surface area contributed by atoms with Crippen LogP contribution in [0.4, 0.5) is 0 Å². The molecule has 1 amide bonds. The van der Waals surface area contributed by atoms with Gasteiger partial charge in [-0.2, -0.15) is 0 Å². The molecule has 0 radical (unpaired) electrons. The molecule has 0 spiro atoms. The Morgan fingerprint density at radius 2 is 1.67 bits per heavy atom. The number of esters is 1. The number of aliphatic hydroxyl groups excluding tert-OH is 1. The number of benzene rings is 1. The van der Waals surface area contributed by atoms with E-state index in [1.807, 2.05) is 24.3 Å². The van der Waals surface area contributed by atoms with E-state index in [4.69, 9.17) is 5.11 Å². The van der Waals surface area contributed by atoms with Gasteiger partial charge in [-0.3, -0.25) is 10.0 Å². The average Bonchev–Trinajstić information content (AvgIpc) is 2.62. The Kier molecular flexibility index (Phi) is 9.41. The first kappa shape index (κ1) is 19.9. The minimum absolute atomic E-state index is 0.0610. The number of amides is 1. The van der Waals surface area contributed by atoms with Gasteiger partial charge in [0.05, 0.1) is 13.7 Å². The summed E-state index contributed by atoms with van der Waals surface area (Å²) in [6.07, 6.45) is 6.56. The lowest BCUT2D eigenvalue weighted by atomic mass is 10.0. The molecule has 0 aliphatic rings. The highest BCUT2D eigenvalue weighted by Gasteiger charge is 2.07. The van der Waals surface area contributed by atoms with Crippen molar-refractivity contribution >= 4 is 11.9 Å². The number of ether oxygens (including phenoxy) is 1. The van der Waals surface area contributed by atoms with Crippen molar-refractivity contribution in [1.82, 2.24) is 5.06 Å². The monoisotopic (exact) mass is 335 g/mol. The molecule has 0 saturated carbocycles. The topological polar surface area (TPSA) is 87.1 Å². The van der Waals surface area contributed by atoms with Crippen LogP contribution >= 0.6 is 0 Å². The van der Waals surface area contributed by atoms with Gasteiger partial charge in [-0.05, 0) is 30.4 Å². The van der Waals surface area contributed by atoms with Crippen LogP contribution in [0.5, 0.6) is 0 Å². The Hall–Kier alpha value is -2.18. The van der Waals surface area contributed by atoms with Gasteiger partial charge in [0.15, 0.2) is 0 Å². The molecule has 0 aliphatic heterocycles. The number of hydrogen-bond acceptors (Lipinski definition) is 5. The molecule has 0 fully saturated rings. The van der Waals surface area contributed by atoms with Gasteiger partial charge in [0.25, 0.3) is 5.91 Å². The SMILES string of the molecule is COC(=O)/C=C/C(=O)N(O)CCCCCCc1ccc(CO)cc1. The van der Waals surface area contributed by atoms with Gasteiger partial charge in [-0.1, -0.05) is 37.1 Å². The predicted molar refractivity (Wildman–Crippen MR) is 89.2 cm³/mol. The summed E-state index contributed by atoms with van der Waals surface area (Å²) in [7, 11) is 1.22. The Morgan fingerprint density at radius 1 is 1.04 bits per heavy atom. The number of aryl methyl sites for hydroxylation is 1. The Bertz CT molecular complexity index is 539. The molecular weight excluding hydrogens is 310 g/mol. The van der Waals surface area contributed by atoms with E-state index in [0.717, 1.165) is 43.4 Å². The smallest absolute Gasteiger partial charge is 0.330 e. The van der Waals surface area contributed by atoms with Gasteiger partial charge in [-0.15, -0.1) is 0 Å². The number of rotatable bonds is 10. The molecule has 2 N–H and O–H groups in total. The fourth-order valence-electron chi connectivity index (χ4n) is 2.16. The van der Waals surface area contributed by atoms with Crippen molar-refractivity contribution in [3.8, 4) is 0 Å². The fraction of sp³-hybridized carbons (Fsp3) is 0.444. The van der Waals surface area contributed by atoms with Crippen molar-refractivity contribution in [1.29, 1.82) is 0 Å². The second-order valence-electron chi connectivity index (χ2n) is 5.46. The highest BCUT2D eigenvalue weighted by molar-refractivity contribution is 5.93. The van der Waals surface area contributed by atoms with Gasteiger partial charge in [-0.25, -0.2) is 9.86 Å². The van der Waals surface area contributed by atoms with Crippen molar-refractivity contribution < 1.29 is 24.6 Å². The zero-order valence-electron chi connectivity index (χ0n) is 14.0. The minimum Gasteiger partial charge on any atom is -0.466 e. The summed E-state index contributed by atoms with van der Waals surface area (Å²) in [4.78, 5) is 22.3. The molecule has 1 aromatic rings. The second kappa shape index (κ2) is 11.4. The van der Waals surface area contributed by atoms with Gasteiger partial charge in [0.2, 0.25) is 0 Å². The molecule has 132 valence electrons. The molecular formula is C18H25NO5. The first-order chi connectivity index (χ1) is 11.6. The van der Waals surface area contributed by atoms with Crippen molar-refractivity contribution in [2.24, 2.45) is 0 Å². The molecule has 6 heteroatoms. The Labute approximate surface area is 142 Å². The second-order valence-corrected chi connectivity index (χ2v) is 5.46. The number of hydroxylamine groups is 2. The molecule has 1 aromatic carbocycles. The van der Waals surface area contributed by atoms with Gasteiger partial charge in [0.1, 0.15) is 0 Å². The van der Waals surface area contributed by atoms with E-state index < -0.39 is 11.9 Å². The summed E-state index contributed by atoms with van der Waals surface area (Å²) in [5.41, 5.74) is 2.15. The van der Waals surface area contributed by atoms with Crippen molar-refractivity contribution in [2.75, 3.05) is 13.7 Å². The lowest BCUT2D eigenvalue weighted by Crippen LogP contribution is -2.26. The summed E-state index contributed by atoms with van der Waals surface area (Å²) in [5.74, 6) is -1.27. The maximum Gasteiger partial charge on any atom is 0.330 e. The molecule has 0 saturated heterocycles. The molecule has 0 heterocycles. The van der Waals surface area contributed by atoms with Gasteiger partial charge < -0.3 is 9.84 Å². The maximum absolute atomic E-state index is 11.5.